The van der Waals surface area contributed by atoms with Crippen molar-refractivity contribution in [2.24, 2.45) is 0 Å². The molecule has 0 saturated carbocycles. The molecule has 0 heterocycles. The van der Waals surface area contributed by atoms with Crippen LogP contribution in [0.5, 0.6) is 0 Å². The van der Waals surface area contributed by atoms with Gasteiger partial charge >= 0.3 is 0 Å². The summed E-state index contributed by atoms with van der Waals surface area (Å²) in [7, 11) is 0. The van der Waals surface area contributed by atoms with Crippen molar-refractivity contribution in [1.82, 2.24) is 0 Å². The molecular weight excluding hydrogens is 310 g/mol. The van der Waals surface area contributed by atoms with Crippen molar-refractivity contribution in [3.05, 3.63) is 20.1 Å². The second-order valence-electron chi connectivity index (χ2n) is 2.99. The third kappa shape index (κ3) is 4.60. The Morgan fingerprint density at radius 3 is 1.29 bits per heavy atom. The Labute approximate surface area is 119 Å². The molecule has 7 heteroatoms. The first-order valence-electron chi connectivity index (χ1n) is 4.69. The molecule has 0 atom stereocenters. The van der Waals surface area contributed by atoms with Crippen molar-refractivity contribution in [2.75, 3.05) is 6.61 Å². The Hall–Kier alpha value is -0.0600. The number of aliphatic hydroxyl groups is 1. The molecule has 17 heavy (non-hydrogen) atoms. The van der Waals surface area contributed by atoms with E-state index in [9.17, 15) is 9.59 Å². The zero-order chi connectivity index (χ0) is 13.6. The lowest BCUT2D eigenvalue weighted by molar-refractivity contribution is -0.114. The van der Waals surface area contributed by atoms with E-state index in [1.807, 2.05) is 0 Å². The number of Topliss-reactive ketones (excluding diaryl/α,β-unsaturated/α-hetero) is 2. The number of hydrogen-bond donors (Lipinski definition) is 1. The van der Waals surface area contributed by atoms with Crippen molar-refractivity contribution >= 4 is 58.0 Å². The SMILES string of the molecule is CCCCO.O=C1C(Cl)=C(Cl)C(=O)C(Cl)=C1Cl. The van der Waals surface area contributed by atoms with Gasteiger partial charge in [0.05, 0.1) is 0 Å². The van der Waals surface area contributed by atoms with Gasteiger partial charge in [0.15, 0.2) is 0 Å². The van der Waals surface area contributed by atoms with Crippen LogP contribution < -0.4 is 0 Å². The number of carbonyl (C=O) groups is 2. The Balaban J connectivity index is 0.000000437. The molecule has 0 aromatic rings. The Morgan fingerprint density at radius 2 is 1.18 bits per heavy atom. The van der Waals surface area contributed by atoms with Crippen LogP contribution in [0.3, 0.4) is 0 Å². The molecule has 0 aromatic carbocycles. The minimum Gasteiger partial charge on any atom is -0.396 e. The van der Waals surface area contributed by atoms with Crippen molar-refractivity contribution in [3.8, 4) is 0 Å². The van der Waals surface area contributed by atoms with Gasteiger partial charge in [0.2, 0.25) is 11.6 Å². The third-order valence-corrected chi connectivity index (χ3v) is 3.33. The highest BCUT2D eigenvalue weighted by atomic mass is 35.5. The molecule has 0 bridgehead atoms. The number of allylic oxidation sites excluding steroid dienone is 4. The summed E-state index contributed by atoms with van der Waals surface area (Å²) < 4.78 is 0. The van der Waals surface area contributed by atoms with Gasteiger partial charge in [-0.05, 0) is 6.42 Å². The molecular formula is C10H10Cl4O3. The molecule has 0 radical (unpaired) electrons. The van der Waals surface area contributed by atoms with Crippen LogP contribution in [0.4, 0.5) is 0 Å². The van der Waals surface area contributed by atoms with E-state index in [-0.39, 0.29) is 0 Å². The second-order valence-corrected chi connectivity index (χ2v) is 4.50. The molecule has 0 spiro atoms. The van der Waals surface area contributed by atoms with E-state index in [4.69, 9.17) is 51.5 Å². The normalized spacial score (nSPS) is 16.1. The first-order valence-corrected chi connectivity index (χ1v) is 6.20. The van der Waals surface area contributed by atoms with Gasteiger partial charge in [-0.2, -0.15) is 0 Å². The summed E-state index contributed by atoms with van der Waals surface area (Å²) in [5, 5.41) is 6.50. The molecule has 1 aliphatic carbocycles. The van der Waals surface area contributed by atoms with E-state index < -0.39 is 31.7 Å². The van der Waals surface area contributed by atoms with Crippen molar-refractivity contribution in [1.29, 1.82) is 0 Å². The second kappa shape index (κ2) is 8.11. The number of ketones is 2. The Bertz CT molecular complexity index is 321. The number of rotatable bonds is 2. The van der Waals surface area contributed by atoms with Crippen molar-refractivity contribution in [3.63, 3.8) is 0 Å². The van der Waals surface area contributed by atoms with E-state index in [1.54, 1.807) is 0 Å². The molecule has 0 fully saturated rings. The molecule has 1 rings (SSSR count). The fourth-order valence-electron chi connectivity index (χ4n) is 0.750. The predicted molar refractivity (Wildman–Crippen MR) is 69.5 cm³/mol. The highest BCUT2D eigenvalue weighted by Crippen LogP contribution is 2.32. The van der Waals surface area contributed by atoms with Gasteiger partial charge in [0.25, 0.3) is 0 Å². The fraction of sp³-hybridized carbons (Fsp3) is 0.400. The molecule has 0 amide bonds. The molecule has 3 nitrogen and oxygen atoms in total. The maximum atomic E-state index is 11.0. The number of unbranched alkanes of at least 4 members (excludes halogenated alkanes) is 1. The Kier molecular flexibility index (Phi) is 8.09. The Morgan fingerprint density at radius 1 is 0.882 bits per heavy atom. The molecule has 96 valence electrons. The lowest BCUT2D eigenvalue weighted by Gasteiger charge is -2.08. The third-order valence-electron chi connectivity index (χ3n) is 1.69. The van der Waals surface area contributed by atoms with E-state index >= 15 is 0 Å². The summed E-state index contributed by atoms with van der Waals surface area (Å²) >= 11 is 21.5. The van der Waals surface area contributed by atoms with Gasteiger partial charge in [0, 0.05) is 6.61 Å². The summed E-state index contributed by atoms with van der Waals surface area (Å²) in [5.41, 5.74) is 0. The summed E-state index contributed by atoms with van der Waals surface area (Å²) in [4.78, 5) is 22.0. The van der Waals surface area contributed by atoms with Crippen LogP contribution in [0.1, 0.15) is 19.8 Å². The van der Waals surface area contributed by atoms with Gasteiger partial charge < -0.3 is 5.11 Å². The van der Waals surface area contributed by atoms with Crippen molar-refractivity contribution < 1.29 is 14.7 Å². The van der Waals surface area contributed by atoms with Crippen molar-refractivity contribution in [2.45, 2.75) is 19.8 Å². The van der Waals surface area contributed by atoms with Gasteiger partial charge in [-0.15, -0.1) is 0 Å². The van der Waals surface area contributed by atoms with Crippen LogP contribution in [-0.4, -0.2) is 23.3 Å². The molecule has 1 aliphatic rings. The van der Waals surface area contributed by atoms with Gasteiger partial charge in [-0.25, -0.2) is 0 Å². The summed E-state index contributed by atoms with van der Waals surface area (Å²) in [6.07, 6.45) is 2.04. The predicted octanol–water partition coefficient (Wildman–Crippen LogP) is 3.30. The fourth-order valence-corrected chi connectivity index (χ4v) is 1.57. The minimum atomic E-state index is -0.729. The van der Waals surface area contributed by atoms with Gasteiger partial charge in [0.1, 0.15) is 20.1 Å². The molecule has 0 unspecified atom stereocenters. The first kappa shape index (κ1) is 16.9. The minimum absolute atomic E-state index is 0.344. The zero-order valence-electron chi connectivity index (χ0n) is 8.90. The topological polar surface area (TPSA) is 54.4 Å². The maximum absolute atomic E-state index is 11.0. The summed E-state index contributed by atoms with van der Waals surface area (Å²) in [6.45, 7) is 2.40. The number of halogens is 4. The molecule has 0 saturated heterocycles. The largest absolute Gasteiger partial charge is 0.396 e. The summed E-state index contributed by atoms with van der Waals surface area (Å²) in [5.74, 6) is -1.46. The zero-order valence-corrected chi connectivity index (χ0v) is 11.9. The van der Waals surface area contributed by atoms with E-state index in [1.165, 1.54) is 0 Å². The number of carbonyl (C=O) groups excluding carboxylic acids is 2. The lowest BCUT2D eigenvalue weighted by Crippen LogP contribution is -2.14. The maximum Gasteiger partial charge on any atom is 0.219 e. The summed E-state index contributed by atoms with van der Waals surface area (Å²) in [6, 6.07) is 0. The number of aliphatic hydroxyl groups excluding tert-OH is 1. The highest BCUT2D eigenvalue weighted by molar-refractivity contribution is 6.69. The average Bonchev–Trinajstić information content (AvgIpc) is 2.33. The lowest BCUT2D eigenvalue weighted by atomic mass is 10.1. The van der Waals surface area contributed by atoms with Crippen LogP contribution in [0.25, 0.3) is 0 Å². The van der Waals surface area contributed by atoms with Gasteiger partial charge in [-0.3, -0.25) is 9.59 Å². The number of hydrogen-bond acceptors (Lipinski definition) is 3. The molecule has 0 aliphatic heterocycles. The van der Waals surface area contributed by atoms with Crippen LogP contribution in [0.2, 0.25) is 0 Å². The standard InChI is InChI=1S/C6Cl4O2.C4H10O/c7-1-2(8)6(12)4(10)3(9)5(1)11;1-2-3-4-5/h;5H,2-4H2,1H3. The average molecular weight is 320 g/mol. The quantitative estimate of drug-likeness (QED) is 0.794. The van der Waals surface area contributed by atoms with Crippen LogP contribution in [-0.2, 0) is 9.59 Å². The van der Waals surface area contributed by atoms with Crippen LogP contribution >= 0.6 is 46.4 Å². The molecule has 0 aromatic heterocycles. The van der Waals surface area contributed by atoms with E-state index in [0.29, 0.717) is 6.61 Å². The van der Waals surface area contributed by atoms with Crippen LogP contribution in [0, 0.1) is 0 Å². The van der Waals surface area contributed by atoms with Crippen LogP contribution in [0.15, 0.2) is 20.1 Å². The van der Waals surface area contributed by atoms with Gasteiger partial charge in [-0.1, -0.05) is 59.7 Å². The monoisotopic (exact) mass is 318 g/mol. The smallest absolute Gasteiger partial charge is 0.219 e. The highest BCUT2D eigenvalue weighted by Gasteiger charge is 2.31. The molecule has 1 N–H and O–H groups in total. The van der Waals surface area contributed by atoms with E-state index in [0.717, 1.165) is 12.8 Å². The van der Waals surface area contributed by atoms with E-state index in [2.05, 4.69) is 6.92 Å². The first-order chi connectivity index (χ1) is 7.88.